The Morgan fingerprint density at radius 2 is 1.97 bits per heavy atom. The number of amides is 4. The Morgan fingerprint density at radius 3 is 2.63 bits per heavy atom. The van der Waals surface area contributed by atoms with E-state index in [0.717, 1.165) is 29.8 Å². The third-order valence-electron chi connectivity index (χ3n) is 5.50. The summed E-state index contributed by atoms with van der Waals surface area (Å²) >= 11 is 0. The van der Waals surface area contributed by atoms with Crippen LogP contribution in [-0.4, -0.2) is 60.6 Å². The first kappa shape index (κ1) is 21.9. The molecule has 2 N–H and O–H groups in total. The molecule has 1 heterocycles. The van der Waals surface area contributed by atoms with Crippen molar-refractivity contribution in [2.75, 3.05) is 27.3 Å². The minimum absolute atomic E-state index is 0.0274. The second kappa shape index (κ2) is 9.34. The first-order chi connectivity index (χ1) is 14.4. The summed E-state index contributed by atoms with van der Waals surface area (Å²) in [5, 5.41) is 3.61. The molecule has 0 atom stereocenters. The lowest BCUT2D eigenvalue weighted by atomic mass is 9.82. The number of nitrogens with one attached hydrogen (secondary N) is 2. The van der Waals surface area contributed by atoms with Gasteiger partial charge in [-0.25, -0.2) is 4.79 Å². The van der Waals surface area contributed by atoms with Crippen LogP contribution in [-0.2, 0) is 16.1 Å². The van der Waals surface area contributed by atoms with E-state index in [9.17, 15) is 14.4 Å². The van der Waals surface area contributed by atoms with Crippen LogP contribution >= 0.6 is 0 Å². The van der Waals surface area contributed by atoms with Crippen LogP contribution in [0.2, 0.25) is 0 Å². The smallest absolute Gasteiger partial charge is 0.344 e. The lowest BCUT2D eigenvalue weighted by molar-refractivity contribution is -0.140. The highest BCUT2D eigenvalue weighted by Crippen LogP contribution is 2.33. The molecule has 9 nitrogen and oxygen atoms in total. The van der Waals surface area contributed by atoms with Crippen molar-refractivity contribution >= 4 is 17.8 Å². The van der Waals surface area contributed by atoms with Gasteiger partial charge < -0.3 is 14.8 Å². The predicted octanol–water partition coefficient (Wildman–Crippen LogP) is 1.81. The van der Waals surface area contributed by atoms with Gasteiger partial charge in [-0.2, -0.15) is 5.01 Å². The van der Waals surface area contributed by atoms with Crippen molar-refractivity contribution in [3.05, 3.63) is 23.8 Å². The van der Waals surface area contributed by atoms with E-state index >= 15 is 0 Å². The summed E-state index contributed by atoms with van der Waals surface area (Å²) in [6.45, 7) is 2.96. The van der Waals surface area contributed by atoms with E-state index in [1.165, 1.54) is 0 Å². The molecule has 2 aliphatic rings. The van der Waals surface area contributed by atoms with Crippen LogP contribution in [0.3, 0.4) is 0 Å². The number of likely N-dealkylation sites (N-methyl/N-ethyl adjacent to an activating group) is 1. The molecule has 2 fully saturated rings. The van der Waals surface area contributed by atoms with Gasteiger partial charge in [0.1, 0.15) is 5.54 Å². The van der Waals surface area contributed by atoms with Crippen LogP contribution < -0.4 is 20.2 Å². The average molecular weight is 418 g/mol. The number of methoxy groups -OCH3 is 1. The number of imide groups is 1. The fraction of sp³-hybridized carbons (Fsp3) is 0.571. The van der Waals surface area contributed by atoms with Gasteiger partial charge >= 0.3 is 6.03 Å². The normalized spacial score (nSPS) is 17.9. The van der Waals surface area contributed by atoms with Crippen LogP contribution in [0.15, 0.2) is 18.2 Å². The molecule has 1 spiro atoms. The van der Waals surface area contributed by atoms with E-state index in [0.29, 0.717) is 37.5 Å². The number of hydrogen-bond acceptors (Lipinski definition) is 6. The van der Waals surface area contributed by atoms with Crippen LogP contribution in [0, 0.1) is 0 Å². The molecule has 1 aliphatic heterocycles. The first-order valence-electron chi connectivity index (χ1n) is 10.3. The minimum atomic E-state index is -0.854. The Balaban J connectivity index is 1.56. The molecular formula is C21H30N4O5. The molecule has 1 aromatic carbocycles. The molecule has 0 aromatic heterocycles. The Morgan fingerprint density at radius 1 is 1.23 bits per heavy atom. The second-order valence-corrected chi connectivity index (χ2v) is 7.84. The fourth-order valence-electron chi connectivity index (χ4n) is 4.07. The quantitative estimate of drug-likeness (QED) is 0.625. The van der Waals surface area contributed by atoms with Gasteiger partial charge in [0.05, 0.1) is 20.3 Å². The molecule has 3 rings (SSSR count). The molecule has 1 saturated carbocycles. The predicted molar refractivity (Wildman–Crippen MR) is 110 cm³/mol. The highest BCUT2D eigenvalue weighted by Gasteiger charge is 2.52. The number of carbonyl (C=O) groups excluding carboxylic acids is 3. The number of urea groups is 1. The lowest BCUT2D eigenvalue weighted by Crippen LogP contribution is -2.52. The van der Waals surface area contributed by atoms with Gasteiger partial charge in [-0.15, -0.1) is 0 Å². The SMILES string of the molecule is CCOc1ccc(CN(C)CC(=O)NN2C(=O)NC3(CCCCC3)C2=O)cc1OC. The van der Waals surface area contributed by atoms with E-state index in [2.05, 4.69) is 10.7 Å². The van der Waals surface area contributed by atoms with Gasteiger partial charge in [0.15, 0.2) is 11.5 Å². The van der Waals surface area contributed by atoms with Crippen molar-refractivity contribution in [3.63, 3.8) is 0 Å². The zero-order valence-electron chi connectivity index (χ0n) is 17.8. The molecule has 1 aliphatic carbocycles. The number of ether oxygens (including phenoxy) is 2. The van der Waals surface area contributed by atoms with Crippen molar-refractivity contribution < 1.29 is 23.9 Å². The molecule has 0 bridgehead atoms. The van der Waals surface area contributed by atoms with Crippen molar-refractivity contribution in [1.29, 1.82) is 0 Å². The molecule has 0 unspecified atom stereocenters. The summed E-state index contributed by atoms with van der Waals surface area (Å²) in [5.41, 5.74) is 2.55. The van der Waals surface area contributed by atoms with Crippen molar-refractivity contribution in [3.8, 4) is 11.5 Å². The zero-order chi connectivity index (χ0) is 21.7. The van der Waals surface area contributed by atoms with Crippen LogP contribution in [0.1, 0.15) is 44.6 Å². The highest BCUT2D eigenvalue weighted by molar-refractivity contribution is 6.08. The molecule has 1 aromatic rings. The van der Waals surface area contributed by atoms with Gasteiger partial charge in [-0.05, 0) is 44.5 Å². The van der Waals surface area contributed by atoms with Gasteiger partial charge in [-0.3, -0.25) is 19.9 Å². The summed E-state index contributed by atoms with van der Waals surface area (Å²) in [6, 6.07) is 5.05. The zero-order valence-corrected chi connectivity index (χ0v) is 17.8. The minimum Gasteiger partial charge on any atom is -0.493 e. The maximum absolute atomic E-state index is 12.7. The molecular weight excluding hydrogens is 388 g/mol. The Kier molecular flexibility index (Phi) is 6.81. The third kappa shape index (κ3) is 4.67. The number of hydrazine groups is 1. The summed E-state index contributed by atoms with van der Waals surface area (Å²) in [6.07, 6.45) is 4.06. The fourth-order valence-corrected chi connectivity index (χ4v) is 4.07. The van der Waals surface area contributed by atoms with Crippen molar-refractivity contribution in [1.82, 2.24) is 20.7 Å². The standard InChI is InChI=1S/C21H30N4O5/c1-4-30-16-9-8-15(12-17(16)29-3)13-24(2)14-18(26)23-25-19(27)21(22-20(25)28)10-6-5-7-11-21/h8-9,12H,4-7,10-11,13-14H2,1-3H3,(H,22,28)(H,23,26). The Bertz CT molecular complexity index is 807. The van der Waals surface area contributed by atoms with Crippen LogP contribution in [0.4, 0.5) is 4.79 Å². The van der Waals surface area contributed by atoms with Gasteiger partial charge in [0.25, 0.3) is 11.8 Å². The van der Waals surface area contributed by atoms with E-state index in [1.54, 1.807) is 19.1 Å². The summed E-state index contributed by atoms with van der Waals surface area (Å²) in [5.74, 6) is 0.509. The Labute approximate surface area is 176 Å². The largest absolute Gasteiger partial charge is 0.493 e. The second-order valence-electron chi connectivity index (χ2n) is 7.84. The Hall–Kier alpha value is -2.81. The molecule has 164 valence electrons. The van der Waals surface area contributed by atoms with E-state index < -0.39 is 17.5 Å². The van der Waals surface area contributed by atoms with E-state index in [4.69, 9.17) is 9.47 Å². The van der Waals surface area contributed by atoms with E-state index in [-0.39, 0.29) is 12.5 Å². The maximum Gasteiger partial charge on any atom is 0.344 e. The van der Waals surface area contributed by atoms with Gasteiger partial charge in [-0.1, -0.05) is 25.3 Å². The topological polar surface area (TPSA) is 100 Å². The maximum atomic E-state index is 12.7. The van der Waals surface area contributed by atoms with Crippen molar-refractivity contribution in [2.45, 2.75) is 51.1 Å². The summed E-state index contributed by atoms with van der Waals surface area (Å²) in [4.78, 5) is 39.3. The molecule has 9 heteroatoms. The highest BCUT2D eigenvalue weighted by atomic mass is 16.5. The number of hydrogen-bond donors (Lipinski definition) is 2. The summed E-state index contributed by atoms with van der Waals surface area (Å²) < 4.78 is 10.9. The number of nitrogens with zero attached hydrogens (tertiary/aromatic N) is 2. The van der Waals surface area contributed by atoms with Crippen LogP contribution in [0.25, 0.3) is 0 Å². The molecule has 1 saturated heterocycles. The number of rotatable bonds is 8. The monoisotopic (exact) mass is 418 g/mol. The van der Waals surface area contributed by atoms with E-state index in [1.807, 2.05) is 25.1 Å². The average Bonchev–Trinajstić information content (AvgIpc) is 2.93. The molecule has 0 radical (unpaired) electrons. The van der Waals surface area contributed by atoms with Gasteiger partial charge in [0, 0.05) is 6.54 Å². The summed E-state index contributed by atoms with van der Waals surface area (Å²) in [7, 11) is 3.37. The number of benzene rings is 1. The molecule has 4 amide bonds. The first-order valence-corrected chi connectivity index (χ1v) is 10.3. The molecule has 30 heavy (non-hydrogen) atoms. The lowest BCUT2D eigenvalue weighted by Gasteiger charge is -2.30. The van der Waals surface area contributed by atoms with Gasteiger partial charge in [0.2, 0.25) is 0 Å². The van der Waals surface area contributed by atoms with Crippen molar-refractivity contribution in [2.24, 2.45) is 0 Å². The van der Waals surface area contributed by atoms with Crippen LogP contribution in [0.5, 0.6) is 11.5 Å². The number of carbonyl (C=O) groups is 3. The third-order valence-corrected chi connectivity index (χ3v) is 5.50.